The predicted octanol–water partition coefficient (Wildman–Crippen LogP) is 6.20. The van der Waals surface area contributed by atoms with E-state index in [-0.39, 0.29) is 10.6 Å². The summed E-state index contributed by atoms with van der Waals surface area (Å²) in [6.07, 6.45) is 1.93. The predicted molar refractivity (Wildman–Crippen MR) is 90.1 cm³/mol. The van der Waals surface area contributed by atoms with Crippen LogP contribution in [0.1, 0.15) is 40.9 Å². The molecule has 0 aliphatic carbocycles. The highest BCUT2D eigenvalue weighted by molar-refractivity contribution is 9.10. The molecule has 0 heterocycles. The lowest BCUT2D eigenvalue weighted by molar-refractivity contribution is 0.606. The van der Waals surface area contributed by atoms with Crippen molar-refractivity contribution in [3.05, 3.63) is 68.9 Å². The molecule has 0 fully saturated rings. The van der Waals surface area contributed by atoms with Crippen LogP contribution in [-0.4, -0.2) is 0 Å². The molecule has 20 heavy (non-hydrogen) atoms. The molecule has 0 spiro atoms. The lowest BCUT2D eigenvalue weighted by Gasteiger charge is -2.17. The van der Waals surface area contributed by atoms with Crippen LogP contribution in [0.25, 0.3) is 0 Å². The van der Waals surface area contributed by atoms with Crippen molar-refractivity contribution in [2.75, 3.05) is 0 Å². The van der Waals surface area contributed by atoms with Crippen molar-refractivity contribution in [3.63, 3.8) is 0 Å². The van der Waals surface area contributed by atoms with Crippen molar-refractivity contribution in [3.8, 4) is 0 Å². The Kier molecular flexibility index (Phi) is 5.39. The summed E-state index contributed by atoms with van der Waals surface area (Å²) < 4.78 is 14.8. The Morgan fingerprint density at radius 3 is 2.45 bits per heavy atom. The third-order valence-electron chi connectivity index (χ3n) is 3.53. The number of hydrogen-bond donors (Lipinski definition) is 0. The molecule has 0 bridgehead atoms. The van der Waals surface area contributed by atoms with Gasteiger partial charge in [-0.2, -0.15) is 0 Å². The summed E-state index contributed by atoms with van der Waals surface area (Å²) in [5.41, 5.74) is 4.35. The van der Waals surface area contributed by atoms with Crippen LogP contribution < -0.4 is 0 Å². The van der Waals surface area contributed by atoms with E-state index in [4.69, 9.17) is 0 Å². The zero-order valence-electron chi connectivity index (χ0n) is 11.6. The molecule has 0 aliphatic rings. The van der Waals surface area contributed by atoms with Crippen LogP contribution in [-0.2, 0) is 12.8 Å². The molecule has 3 heteroatoms. The van der Waals surface area contributed by atoms with Crippen LogP contribution in [0, 0.1) is 5.82 Å². The first-order chi connectivity index (χ1) is 9.58. The molecule has 2 aromatic carbocycles. The van der Waals surface area contributed by atoms with Gasteiger partial charge < -0.3 is 0 Å². The van der Waals surface area contributed by atoms with Crippen LogP contribution in [0.15, 0.2) is 40.9 Å². The summed E-state index contributed by atoms with van der Waals surface area (Å²) in [6.45, 7) is 4.26. The van der Waals surface area contributed by atoms with E-state index in [2.05, 4.69) is 63.9 Å². The minimum Gasteiger partial charge on any atom is -0.205 e. The monoisotopic (exact) mass is 398 g/mol. The lowest BCUT2D eigenvalue weighted by Crippen LogP contribution is -2.02. The largest absolute Gasteiger partial charge is 0.205 e. The lowest BCUT2D eigenvalue weighted by atomic mass is 9.95. The van der Waals surface area contributed by atoms with Crippen molar-refractivity contribution in [1.29, 1.82) is 0 Å². The Labute approximate surface area is 136 Å². The second-order valence-corrected chi connectivity index (χ2v) is 6.52. The Balaban J connectivity index is 2.51. The van der Waals surface area contributed by atoms with Gasteiger partial charge in [0.25, 0.3) is 0 Å². The third kappa shape index (κ3) is 3.15. The molecular weight excluding hydrogens is 383 g/mol. The average Bonchev–Trinajstić information content (AvgIpc) is 2.48. The smallest absolute Gasteiger partial charge is 0.142 e. The first kappa shape index (κ1) is 15.7. The number of halogens is 3. The zero-order chi connectivity index (χ0) is 14.7. The summed E-state index contributed by atoms with van der Waals surface area (Å²) in [5, 5.41) is 0. The quantitative estimate of drug-likeness (QED) is 0.537. The van der Waals surface area contributed by atoms with Crippen LogP contribution in [0.5, 0.6) is 0 Å². The van der Waals surface area contributed by atoms with Gasteiger partial charge in [0.1, 0.15) is 5.82 Å². The fourth-order valence-corrected chi connectivity index (χ4v) is 3.47. The van der Waals surface area contributed by atoms with E-state index in [1.54, 1.807) is 6.07 Å². The van der Waals surface area contributed by atoms with Gasteiger partial charge in [0.05, 0.1) is 9.30 Å². The molecule has 0 nitrogen and oxygen atoms in total. The number of aryl methyl sites for hydroxylation is 2. The maximum absolute atomic E-state index is 14.3. The number of benzene rings is 2. The van der Waals surface area contributed by atoms with E-state index in [0.717, 1.165) is 18.4 Å². The van der Waals surface area contributed by atoms with Crippen LogP contribution in [0.3, 0.4) is 0 Å². The molecule has 0 aliphatic heterocycles. The minimum atomic E-state index is -0.196. The Morgan fingerprint density at radius 1 is 1.05 bits per heavy atom. The highest BCUT2D eigenvalue weighted by atomic mass is 79.9. The molecule has 2 rings (SSSR count). The average molecular weight is 400 g/mol. The van der Waals surface area contributed by atoms with Gasteiger partial charge in [0.15, 0.2) is 0 Å². The van der Waals surface area contributed by atoms with E-state index in [1.807, 2.05) is 12.1 Å². The van der Waals surface area contributed by atoms with E-state index in [1.165, 1.54) is 11.1 Å². The van der Waals surface area contributed by atoms with Gasteiger partial charge in [-0.1, -0.05) is 60.1 Å². The van der Waals surface area contributed by atoms with E-state index < -0.39 is 0 Å². The molecule has 0 N–H and O–H groups in total. The second-order valence-electron chi connectivity index (χ2n) is 4.75. The number of rotatable bonds is 4. The Morgan fingerprint density at radius 2 is 1.80 bits per heavy atom. The van der Waals surface area contributed by atoms with Crippen LogP contribution in [0.4, 0.5) is 4.39 Å². The molecule has 0 aromatic heterocycles. The van der Waals surface area contributed by atoms with E-state index >= 15 is 0 Å². The highest BCUT2D eigenvalue weighted by Crippen LogP contribution is 2.37. The molecular formula is C17H17Br2F. The molecule has 0 amide bonds. The fourth-order valence-electron chi connectivity index (χ4n) is 2.31. The van der Waals surface area contributed by atoms with Crippen LogP contribution in [0.2, 0.25) is 0 Å². The molecule has 0 saturated carbocycles. The molecule has 0 saturated heterocycles. The van der Waals surface area contributed by atoms with Gasteiger partial charge >= 0.3 is 0 Å². The SMILES string of the molecule is CCc1ccc(CC)c(C(Br)c2cccc(Br)c2F)c1. The second kappa shape index (κ2) is 6.86. The Hall–Kier alpha value is -0.670. The third-order valence-corrected chi connectivity index (χ3v) is 5.13. The first-order valence-electron chi connectivity index (χ1n) is 6.78. The standard InChI is InChI=1S/C17H17Br2F/c1-3-11-8-9-12(4-2)14(10-11)16(19)13-6-5-7-15(18)17(13)20/h5-10,16H,3-4H2,1-2H3. The summed E-state index contributed by atoms with van der Waals surface area (Å²) in [6, 6.07) is 11.9. The molecule has 1 unspecified atom stereocenters. The normalized spacial score (nSPS) is 12.4. The molecule has 0 radical (unpaired) electrons. The summed E-state index contributed by atoms with van der Waals surface area (Å²) in [4.78, 5) is -0.124. The van der Waals surface area contributed by atoms with Gasteiger partial charge in [-0.15, -0.1) is 0 Å². The minimum absolute atomic E-state index is 0.124. The van der Waals surface area contributed by atoms with Gasteiger partial charge in [-0.3, -0.25) is 0 Å². The summed E-state index contributed by atoms with van der Waals surface area (Å²) in [7, 11) is 0. The first-order valence-corrected chi connectivity index (χ1v) is 8.49. The van der Waals surface area contributed by atoms with Crippen molar-refractivity contribution < 1.29 is 4.39 Å². The Bertz CT molecular complexity index is 608. The molecule has 106 valence electrons. The van der Waals surface area contributed by atoms with Crippen molar-refractivity contribution >= 4 is 31.9 Å². The van der Waals surface area contributed by atoms with E-state index in [9.17, 15) is 4.39 Å². The van der Waals surface area contributed by atoms with E-state index in [0.29, 0.717) is 10.0 Å². The van der Waals surface area contributed by atoms with Crippen molar-refractivity contribution in [1.82, 2.24) is 0 Å². The zero-order valence-corrected chi connectivity index (χ0v) is 14.8. The number of alkyl halides is 1. The molecule has 1 atom stereocenters. The van der Waals surface area contributed by atoms with Crippen molar-refractivity contribution in [2.45, 2.75) is 31.5 Å². The maximum Gasteiger partial charge on any atom is 0.142 e. The highest BCUT2D eigenvalue weighted by Gasteiger charge is 2.19. The van der Waals surface area contributed by atoms with Gasteiger partial charge in [-0.05, 0) is 51.5 Å². The molecule has 2 aromatic rings. The van der Waals surface area contributed by atoms with Gasteiger partial charge in [0.2, 0.25) is 0 Å². The number of hydrogen-bond acceptors (Lipinski definition) is 0. The summed E-state index contributed by atoms with van der Waals surface area (Å²) in [5.74, 6) is -0.196. The van der Waals surface area contributed by atoms with Gasteiger partial charge in [-0.25, -0.2) is 4.39 Å². The summed E-state index contributed by atoms with van der Waals surface area (Å²) >= 11 is 6.93. The van der Waals surface area contributed by atoms with Crippen molar-refractivity contribution in [2.24, 2.45) is 0 Å². The maximum atomic E-state index is 14.3. The fraction of sp³-hybridized carbons (Fsp3) is 0.294. The van der Waals surface area contributed by atoms with Crippen LogP contribution >= 0.6 is 31.9 Å². The topological polar surface area (TPSA) is 0 Å². The van der Waals surface area contributed by atoms with Gasteiger partial charge in [0, 0.05) is 5.56 Å².